The van der Waals surface area contributed by atoms with Crippen LogP contribution in [-0.4, -0.2) is 57.9 Å². The lowest BCUT2D eigenvalue weighted by Crippen LogP contribution is -2.49. The summed E-state index contributed by atoms with van der Waals surface area (Å²) < 4.78 is 56.0. The van der Waals surface area contributed by atoms with Crippen LogP contribution in [0.1, 0.15) is 0 Å². The molecule has 22 heavy (non-hydrogen) atoms. The predicted octanol–water partition coefficient (Wildman–Crippen LogP) is 1.57. The van der Waals surface area contributed by atoms with Crippen LogP contribution < -0.4 is 4.74 Å². The van der Waals surface area contributed by atoms with Gasteiger partial charge in [-0.3, -0.25) is 0 Å². The van der Waals surface area contributed by atoms with Crippen LogP contribution in [0.5, 0.6) is 5.75 Å². The highest BCUT2D eigenvalue weighted by molar-refractivity contribution is 9.10. The van der Waals surface area contributed by atoms with Crippen LogP contribution in [0, 0.1) is 0 Å². The highest BCUT2D eigenvalue weighted by Gasteiger charge is 2.39. The molecule has 0 aromatic heterocycles. The molecule has 1 fully saturated rings. The van der Waals surface area contributed by atoms with Crippen molar-refractivity contribution >= 4 is 47.6 Å². The number of ether oxygens (including phenoxy) is 1. The maximum Gasteiger partial charge on any atom is 0.244 e. The smallest absolute Gasteiger partial charge is 0.244 e. The Hall–Kier alpha value is -0.290. The molecule has 1 aromatic carbocycles. The normalized spacial score (nSPS) is 20.8. The summed E-state index contributed by atoms with van der Waals surface area (Å²) in [7, 11) is -5.90. The van der Waals surface area contributed by atoms with Gasteiger partial charge in [-0.15, -0.1) is 0 Å². The van der Waals surface area contributed by atoms with Gasteiger partial charge in [-0.1, -0.05) is 0 Å². The number of rotatable bonds is 4. The van der Waals surface area contributed by atoms with Gasteiger partial charge in [0.05, 0.1) is 16.5 Å². The second kappa shape index (κ2) is 6.68. The van der Waals surface area contributed by atoms with E-state index in [1.807, 2.05) is 0 Å². The number of hydrogen-bond donors (Lipinski definition) is 0. The van der Waals surface area contributed by atoms with Crippen LogP contribution in [0.15, 0.2) is 27.6 Å². The number of hydrogen-bond acceptors (Lipinski definition) is 6. The number of methoxy groups -OCH3 is 1. The molecule has 0 unspecified atom stereocenters. The van der Waals surface area contributed by atoms with Crippen molar-refractivity contribution in [3.05, 3.63) is 22.7 Å². The van der Waals surface area contributed by atoms with E-state index in [1.165, 1.54) is 37.1 Å². The van der Waals surface area contributed by atoms with Gasteiger partial charge in [0.2, 0.25) is 10.0 Å². The number of sulfonamides is 1. The highest BCUT2D eigenvalue weighted by Crippen LogP contribution is 2.31. The zero-order chi connectivity index (χ0) is 16.5. The maximum absolute atomic E-state index is 12.8. The average molecular weight is 430 g/mol. The fourth-order valence-corrected chi connectivity index (χ4v) is 8.01. The third-order valence-electron chi connectivity index (χ3n) is 3.26. The zero-order valence-electron chi connectivity index (χ0n) is 12.0. The van der Waals surface area contributed by atoms with E-state index in [0.29, 0.717) is 16.0 Å². The first kappa shape index (κ1) is 18.1. The molecule has 1 atom stereocenters. The predicted molar refractivity (Wildman–Crippen MR) is 90.5 cm³/mol. The van der Waals surface area contributed by atoms with Crippen molar-refractivity contribution in [1.82, 2.24) is 4.31 Å². The van der Waals surface area contributed by atoms with Crippen molar-refractivity contribution < 1.29 is 21.6 Å². The molecule has 0 amide bonds. The second-order valence-electron chi connectivity index (χ2n) is 4.77. The Kier molecular flexibility index (Phi) is 5.48. The summed E-state index contributed by atoms with van der Waals surface area (Å²) in [6.07, 6.45) is 1.07. The Morgan fingerprint density at radius 2 is 2.00 bits per heavy atom. The molecule has 0 spiro atoms. The Morgan fingerprint density at radius 1 is 1.32 bits per heavy atom. The largest absolute Gasteiger partial charge is 0.496 e. The number of halogens is 1. The van der Waals surface area contributed by atoms with E-state index in [4.69, 9.17) is 4.74 Å². The summed E-state index contributed by atoms with van der Waals surface area (Å²) in [4.78, 5) is 0.0423. The van der Waals surface area contributed by atoms with Crippen LogP contribution >= 0.6 is 27.7 Å². The lowest BCUT2D eigenvalue weighted by atomic mass is 10.3. The first-order chi connectivity index (χ1) is 10.2. The summed E-state index contributed by atoms with van der Waals surface area (Å²) in [5.74, 6) is 1.32. The zero-order valence-corrected chi connectivity index (χ0v) is 16.1. The molecule has 6 nitrogen and oxygen atoms in total. The van der Waals surface area contributed by atoms with E-state index in [0.717, 1.165) is 10.6 Å². The molecule has 0 aliphatic carbocycles. The van der Waals surface area contributed by atoms with Crippen molar-refractivity contribution in [2.75, 3.05) is 31.4 Å². The highest BCUT2D eigenvalue weighted by atomic mass is 79.9. The minimum atomic E-state index is -3.89. The third kappa shape index (κ3) is 3.61. The van der Waals surface area contributed by atoms with Crippen molar-refractivity contribution in [2.24, 2.45) is 0 Å². The van der Waals surface area contributed by atoms with Gasteiger partial charge in [-0.25, -0.2) is 16.8 Å². The third-order valence-corrected chi connectivity index (χ3v) is 8.56. The number of nitrogens with zero attached hydrogens (tertiary/aromatic N) is 1. The molecule has 0 radical (unpaired) electrons. The quantitative estimate of drug-likeness (QED) is 0.722. The van der Waals surface area contributed by atoms with Crippen LogP contribution in [0.2, 0.25) is 0 Å². The molecule has 1 aromatic rings. The number of thioether (sulfide) groups is 1. The first-order valence-corrected chi connectivity index (χ1v) is 11.6. The SMILES string of the molecule is COc1ccc(S(=O)(=O)N2CCSC[C@@H]2S(C)(=O)=O)cc1Br. The molecule has 124 valence electrons. The summed E-state index contributed by atoms with van der Waals surface area (Å²) in [6, 6.07) is 4.38. The lowest BCUT2D eigenvalue weighted by molar-refractivity contribution is 0.403. The van der Waals surface area contributed by atoms with Gasteiger partial charge in [-0.05, 0) is 34.1 Å². The lowest BCUT2D eigenvalue weighted by Gasteiger charge is -2.33. The van der Waals surface area contributed by atoms with Crippen molar-refractivity contribution in [2.45, 2.75) is 10.3 Å². The molecule has 0 N–H and O–H groups in total. The monoisotopic (exact) mass is 429 g/mol. The summed E-state index contributed by atoms with van der Waals surface area (Å²) in [5, 5.41) is -1.03. The fourth-order valence-electron chi connectivity index (χ4n) is 2.12. The van der Waals surface area contributed by atoms with Gasteiger partial charge in [-0.2, -0.15) is 16.1 Å². The molecule has 1 aliphatic rings. The number of sulfone groups is 1. The molecular formula is C12H16BrNO5S3. The minimum absolute atomic E-state index is 0.0423. The number of benzene rings is 1. The second-order valence-corrected chi connectivity index (χ2v) is 10.9. The van der Waals surface area contributed by atoms with E-state index >= 15 is 0 Å². The van der Waals surface area contributed by atoms with E-state index in [1.54, 1.807) is 0 Å². The molecule has 10 heteroatoms. The van der Waals surface area contributed by atoms with Crippen LogP contribution in [0.25, 0.3) is 0 Å². The molecule has 0 bridgehead atoms. The molecule has 1 saturated heterocycles. The van der Waals surface area contributed by atoms with Crippen LogP contribution in [0.4, 0.5) is 0 Å². The fraction of sp³-hybridized carbons (Fsp3) is 0.500. The van der Waals surface area contributed by atoms with E-state index in [9.17, 15) is 16.8 Å². The van der Waals surface area contributed by atoms with Gasteiger partial charge in [0, 0.05) is 24.3 Å². The summed E-state index contributed by atoms with van der Waals surface area (Å²) in [6.45, 7) is 0.175. The van der Waals surface area contributed by atoms with Crippen molar-refractivity contribution in [1.29, 1.82) is 0 Å². The van der Waals surface area contributed by atoms with E-state index in [2.05, 4.69) is 15.9 Å². The molecular weight excluding hydrogens is 414 g/mol. The summed E-state index contributed by atoms with van der Waals surface area (Å²) in [5.41, 5.74) is 0. The molecule has 1 aliphatic heterocycles. The standard InChI is InChI=1S/C12H16BrNO5S3/c1-19-11-4-3-9(7-10(11)13)22(17,18)14-5-6-20-8-12(14)21(2,15)16/h3-4,7,12H,5-6,8H2,1-2H3/t12-/m0/s1. The van der Waals surface area contributed by atoms with Crippen LogP contribution in [0.3, 0.4) is 0 Å². The molecule has 1 heterocycles. The van der Waals surface area contributed by atoms with E-state index < -0.39 is 25.2 Å². The van der Waals surface area contributed by atoms with Gasteiger partial charge < -0.3 is 4.74 Å². The Labute approximate surface area is 143 Å². The average Bonchev–Trinajstić information content (AvgIpc) is 2.46. The van der Waals surface area contributed by atoms with E-state index in [-0.39, 0.29) is 17.2 Å². The Bertz CT molecular complexity index is 763. The first-order valence-electron chi connectivity index (χ1n) is 6.30. The minimum Gasteiger partial charge on any atom is -0.496 e. The van der Waals surface area contributed by atoms with Crippen LogP contribution in [-0.2, 0) is 19.9 Å². The summed E-state index contributed by atoms with van der Waals surface area (Å²) >= 11 is 4.69. The maximum atomic E-state index is 12.8. The van der Waals surface area contributed by atoms with Gasteiger partial charge >= 0.3 is 0 Å². The van der Waals surface area contributed by atoms with Gasteiger partial charge in [0.15, 0.2) is 9.84 Å². The Balaban J connectivity index is 2.46. The van der Waals surface area contributed by atoms with Crippen molar-refractivity contribution in [3.63, 3.8) is 0 Å². The van der Waals surface area contributed by atoms with Gasteiger partial charge in [0.25, 0.3) is 0 Å². The Morgan fingerprint density at radius 3 is 2.55 bits per heavy atom. The molecule has 2 rings (SSSR count). The topological polar surface area (TPSA) is 80.8 Å². The molecule has 0 saturated carbocycles. The van der Waals surface area contributed by atoms with Crippen molar-refractivity contribution in [3.8, 4) is 5.75 Å². The van der Waals surface area contributed by atoms with Gasteiger partial charge in [0.1, 0.15) is 11.1 Å².